The second-order valence-corrected chi connectivity index (χ2v) is 10.5. The molecule has 2 aromatic heterocycles. The molecule has 2 aromatic carbocycles. The Kier molecular flexibility index (Phi) is 8.77. The molecule has 216 valence electrons. The first-order chi connectivity index (χ1) is 19.7. The number of nitrogens with two attached hydrogens (primary N) is 1. The van der Waals surface area contributed by atoms with Gasteiger partial charge >= 0.3 is 6.36 Å². The summed E-state index contributed by atoms with van der Waals surface area (Å²) in [7, 11) is 0. The molecule has 1 saturated heterocycles. The first-order valence-corrected chi connectivity index (χ1v) is 13.7. The molecule has 1 aliphatic heterocycles. The zero-order valence-corrected chi connectivity index (χ0v) is 22.9. The van der Waals surface area contributed by atoms with Crippen molar-refractivity contribution >= 4 is 45.0 Å². The van der Waals surface area contributed by atoms with Gasteiger partial charge in [-0.25, -0.2) is 4.98 Å². The van der Waals surface area contributed by atoms with Crippen molar-refractivity contribution in [3.8, 4) is 5.75 Å². The number of rotatable bonds is 11. The van der Waals surface area contributed by atoms with Crippen LogP contribution in [0, 0.1) is 5.92 Å². The number of hydrogen-bond acceptors (Lipinski definition) is 7. The summed E-state index contributed by atoms with van der Waals surface area (Å²) >= 11 is 5.93. The van der Waals surface area contributed by atoms with Gasteiger partial charge in [-0.05, 0) is 67.7 Å². The highest BCUT2D eigenvalue weighted by Crippen LogP contribution is 2.31. The Hall–Kier alpha value is -3.67. The lowest BCUT2D eigenvalue weighted by atomic mass is 10.1. The molecule has 12 heteroatoms. The summed E-state index contributed by atoms with van der Waals surface area (Å²) < 4.78 is 41.2. The van der Waals surface area contributed by atoms with E-state index in [0.29, 0.717) is 30.1 Å². The zero-order valence-electron chi connectivity index (χ0n) is 22.2. The predicted molar refractivity (Wildman–Crippen MR) is 153 cm³/mol. The van der Waals surface area contributed by atoms with Gasteiger partial charge in [0, 0.05) is 60.3 Å². The van der Waals surface area contributed by atoms with Gasteiger partial charge in [0.25, 0.3) is 0 Å². The Bertz CT molecular complexity index is 1550. The maximum Gasteiger partial charge on any atom is 0.573 e. The van der Waals surface area contributed by atoms with E-state index in [1.54, 1.807) is 30.6 Å². The molecule has 0 radical (unpaired) electrons. The van der Waals surface area contributed by atoms with E-state index >= 15 is 0 Å². The SMILES string of the molecule is NC(=O)c1ccc2c(c1)nc(NCCN1CCC(CCNCc3ccc(OC(F)(F)F)c(Cl)c3)C1)c1ccncc12. The summed E-state index contributed by atoms with van der Waals surface area (Å²) in [4.78, 5) is 23.1. The lowest BCUT2D eigenvalue weighted by Gasteiger charge is -2.18. The van der Waals surface area contributed by atoms with Crippen molar-refractivity contribution in [1.82, 2.24) is 20.2 Å². The van der Waals surface area contributed by atoms with Crippen LogP contribution < -0.4 is 21.1 Å². The van der Waals surface area contributed by atoms with Crippen molar-refractivity contribution in [3.63, 3.8) is 0 Å². The Balaban J connectivity index is 1.09. The summed E-state index contributed by atoms with van der Waals surface area (Å²) in [6, 6.07) is 11.5. The van der Waals surface area contributed by atoms with Crippen LogP contribution in [0.3, 0.4) is 0 Å². The van der Waals surface area contributed by atoms with E-state index in [2.05, 4.69) is 25.3 Å². The molecule has 1 fully saturated rings. The molecule has 8 nitrogen and oxygen atoms in total. The third-order valence-corrected chi connectivity index (χ3v) is 7.55. The minimum Gasteiger partial charge on any atom is -0.404 e. The van der Waals surface area contributed by atoms with Crippen molar-refractivity contribution in [2.24, 2.45) is 11.7 Å². The molecule has 0 aliphatic carbocycles. The number of carbonyl (C=O) groups excluding carboxylic acids is 1. The van der Waals surface area contributed by atoms with Gasteiger partial charge in [-0.2, -0.15) is 0 Å². The number of carbonyl (C=O) groups is 1. The number of amides is 1. The smallest absolute Gasteiger partial charge is 0.404 e. The third-order valence-electron chi connectivity index (χ3n) is 7.25. The van der Waals surface area contributed by atoms with Crippen LogP contribution in [0.2, 0.25) is 5.02 Å². The monoisotopic (exact) mass is 586 g/mol. The van der Waals surface area contributed by atoms with Crippen LogP contribution in [0.1, 0.15) is 28.8 Å². The number of anilines is 1. The fraction of sp³-hybridized carbons (Fsp3) is 0.345. The predicted octanol–water partition coefficient (Wildman–Crippen LogP) is 5.35. The average molecular weight is 587 g/mol. The Morgan fingerprint density at radius 2 is 1.98 bits per heavy atom. The van der Waals surface area contributed by atoms with Crippen LogP contribution in [0.4, 0.5) is 19.0 Å². The number of pyridine rings is 2. The lowest BCUT2D eigenvalue weighted by molar-refractivity contribution is -0.274. The normalized spacial score (nSPS) is 16.0. The number of alkyl halides is 3. The highest BCUT2D eigenvalue weighted by Gasteiger charge is 2.32. The summed E-state index contributed by atoms with van der Waals surface area (Å²) in [6.07, 6.45) is 0.879. The number of halogens is 4. The van der Waals surface area contributed by atoms with E-state index in [9.17, 15) is 18.0 Å². The first kappa shape index (κ1) is 28.8. The maximum absolute atomic E-state index is 12.4. The number of nitrogens with one attached hydrogen (secondary N) is 2. The van der Waals surface area contributed by atoms with Crippen molar-refractivity contribution in [3.05, 3.63) is 71.0 Å². The van der Waals surface area contributed by atoms with E-state index in [1.807, 2.05) is 12.1 Å². The van der Waals surface area contributed by atoms with E-state index in [1.165, 1.54) is 12.1 Å². The van der Waals surface area contributed by atoms with E-state index in [4.69, 9.17) is 22.3 Å². The fourth-order valence-electron chi connectivity index (χ4n) is 5.22. The highest BCUT2D eigenvalue weighted by molar-refractivity contribution is 6.32. The second kappa shape index (κ2) is 12.5. The number of fused-ring (bicyclic) bond motifs is 3. The van der Waals surface area contributed by atoms with E-state index < -0.39 is 18.0 Å². The average Bonchev–Trinajstić information content (AvgIpc) is 3.39. The van der Waals surface area contributed by atoms with Crippen molar-refractivity contribution in [2.45, 2.75) is 25.7 Å². The number of likely N-dealkylation sites (tertiary alicyclic amines) is 1. The topological polar surface area (TPSA) is 105 Å². The van der Waals surface area contributed by atoms with Crippen molar-refractivity contribution in [1.29, 1.82) is 0 Å². The number of benzene rings is 2. The highest BCUT2D eigenvalue weighted by atomic mass is 35.5. The van der Waals surface area contributed by atoms with Crippen LogP contribution in [-0.2, 0) is 6.54 Å². The van der Waals surface area contributed by atoms with Crippen LogP contribution >= 0.6 is 11.6 Å². The summed E-state index contributed by atoms with van der Waals surface area (Å²) in [5, 5.41) is 9.59. The molecule has 1 atom stereocenters. The first-order valence-electron chi connectivity index (χ1n) is 13.3. The molecule has 1 aliphatic rings. The molecule has 5 rings (SSSR count). The number of primary amides is 1. The molecule has 1 amide bonds. The molecule has 4 N–H and O–H groups in total. The molecule has 0 saturated carbocycles. The van der Waals surface area contributed by atoms with Gasteiger partial charge in [0.1, 0.15) is 11.6 Å². The molecular formula is C29H30ClF3N6O2. The van der Waals surface area contributed by atoms with Crippen molar-refractivity contribution < 1.29 is 22.7 Å². The summed E-state index contributed by atoms with van der Waals surface area (Å²) in [6.45, 7) is 4.89. The zero-order chi connectivity index (χ0) is 29.0. The minimum atomic E-state index is -4.77. The van der Waals surface area contributed by atoms with E-state index in [-0.39, 0.29) is 5.02 Å². The van der Waals surface area contributed by atoms with Gasteiger partial charge in [-0.3, -0.25) is 9.78 Å². The lowest BCUT2D eigenvalue weighted by Crippen LogP contribution is -2.27. The Morgan fingerprint density at radius 1 is 1.12 bits per heavy atom. The van der Waals surface area contributed by atoms with Crippen molar-refractivity contribution in [2.75, 3.05) is 38.0 Å². The molecule has 4 aromatic rings. The number of ether oxygens (including phenoxy) is 1. The number of nitrogens with zero attached hydrogens (tertiary/aromatic N) is 3. The molecular weight excluding hydrogens is 557 g/mol. The summed E-state index contributed by atoms with van der Waals surface area (Å²) in [5.74, 6) is 0.412. The fourth-order valence-corrected chi connectivity index (χ4v) is 5.46. The standard InChI is InChI=1S/C29H30ClF3N6O2/c30-24-13-19(1-4-26(24)41-29(31,32)33)15-35-8-5-18-7-11-39(17-18)12-10-37-28-22-6-9-36-16-23(22)21-3-2-20(27(34)40)14-25(21)38-28/h1-4,6,9,13-14,16,18,35H,5,7-8,10-12,15,17H2,(H2,34,40)(H,37,38). The second-order valence-electron chi connectivity index (χ2n) is 10.1. The van der Waals surface area contributed by atoms with Gasteiger partial charge < -0.3 is 26.0 Å². The number of aromatic nitrogens is 2. The largest absolute Gasteiger partial charge is 0.573 e. The van der Waals surface area contributed by atoms with Crippen LogP contribution in [0.25, 0.3) is 21.7 Å². The molecule has 3 heterocycles. The third kappa shape index (κ3) is 7.35. The van der Waals surface area contributed by atoms with Crippen LogP contribution in [0.15, 0.2) is 54.9 Å². The van der Waals surface area contributed by atoms with Gasteiger partial charge in [-0.15, -0.1) is 13.2 Å². The van der Waals surface area contributed by atoms with Gasteiger partial charge in [0.05, 0.1) is 10.5 Å². The van der Waals surface area contributed by atoms with Gasteiger partial charge in [0.2, 0.25) is 5.91 Å². The van der Waals surface area contributed by atoms with Crippen LogP contribution in [-0.4, -0.2) is 59.9 Å². The van der Waals surface area contributed by atoms with Gasteiger partial charge in [-0.1, -0.05) is 23.7 Å². The molecule has 1 unspecified atom stereocenters. The Morgan fingerprint density at radius 3 is 2.76 bits per heavy atom. The maximum atomic E-state index is 12.4. The summed E-state index contributed by atoms with van der Waals surface area (Å²) in [5.41, 5.74) is 7.35. The van der Waals surface area contributed by atoms with Gasteiger partial charge in [0.15, 0.2) is 0 Å². The number of hydrogen-bond donors (Lipinski definition) is 3. The molecule has 41 heavy (non-hydrogen) atoms. The quantitative estimate of drug-likeness (QED) is 0.161. The van der Waals surface area contributed by atoms with Crippen LogP contribution in [0.5, 0.6) is 5.75 Å². The van der Waals surface area contributed by atoms with E-state index in [0.717, 1.165) is 66.6 Å². The minimum absolute atomic E-state index is 0.0689. The molecule has 0 bridgehead atoms. The Labute approximate surface area is 240 Å². The molecule has 0 spiro atoms.